The lowest BCUT2D eigenvalue weighted by Crippen LogP contribution is -2.27. The Balaban J connectivity index is 3.73. The molecule has 274 valence electrons. The van der Waals surface area contributed by atoms with Crippen molar-refractivity contribution in [3.8, 4) is 0 Å². The first kappa shape index (κ1) is 45.5. The van der Waals surface area contributed by atoms with Crippen LogP contribution in [0.4, 0.5) is 0 Å². The van der Waals surface area contributed by atoms with E-state index in [0.29, 0.717) is 6.42 Å². The van der Waals surface area contributed by atoms with Crippen LogP contribution < -0.4 is 5.32 Å². The molecule has 1 amide bonds. The molecule has 2 unspecified atom stereocenters. The van der Waals surface area contributed by atoms with E-state index in [9.17, 15) is 24.2 Å². The lowest BCUT2D eigenvalue weighted by Gasteiger charge is -2.15. The van der Waals surface area contributed by atoms with Crippen LogP contribution in [0.5, 0.6) is 0 Å². The fourth-order valence-corrected chi connectivity index (χ4v) is 4.96. The van der Waals surface area contributed by atoms with Crippen LogP contribution in [0.15, 0.2) is 72.9 Å². The summed E-state index contributed by atoms with van der Waals surface area (Å²) in [6, 6.07) is 0. The molecule has 3 N–H and O–H groups in total. The largest absolute Gasteiger partial charge is 0.472 e. The average Bonchev–Trinajstić information content (AvgIpc) is 3.07. The van der Waals surface area contributed by atoms with E-state index >= 15 is 0 Å². The van der Waals surface area contributed by atoms with Gasteiger partial charge in [-0.15, -0.1) is 0 Å². The number of amides is 1. The standard InChI is InChI=1S/C38H64NO8P/c1-3-5-7-9-11-12-13-14-15-16-17-18-19-20-21-22-23-24-25-26-28-30-37(41)39-32-33-46-48(43,44)47-35-36(40)34-45-38(42)31-29-27-10-8-6-4-2/h5,7,11-12,14-15,17-18,20-21,23-24,36,40H,3-4,6,8-10,13,16,19,22,25-35H2,1-2H3,(H,39,41)(H,43,44)/b7-5-,12-11-,15-14-,18-17-,21-20-,24-23-. The molecule has 0 fully saturated rings. The Morgan fingerprint density at radius 1 is 0.667 bits per heavy atom. The molecule has 0 aromatic heterocycles. The maximum Gasteiger partial charge on any atom is 0.472 e. The number of unbranched alkanes of at least 4 members (excludes halogenated alkanes) is 7. The topological polar surface area (TPSA) is 131 Å². The molecule has 0 radical (unpaired) electrons. The molecule has 0 bridgehead atoms. The summed E-state index contributed by atoms with van der Waals surface area (Å²) < 4.78 is 26.6. The van der Waals surface area contributed by atoms with Gasteiger partial charge in [0, 0.05) is 19.4 Å². The van der Waals surface area contributed by atoms with Crippen molar-refractivity contribution in [3.05, 3.63) is 72.9 Å². The zero-order chi connectivity index (χ0) is 35.4. The van der Waals surface area contributed by atoms with Crippen molar-refractivity contribution in [3.63, 3.8) is 0 Å². The highest BCUT2D eigenvalue weighted by Gasteiger charge is 2.23. The van der Waals surface area contributed by atoms with E-state index in [4.69, 9.17) is 13.8 Å². The Bertz CT molecular complexity index is 1020. The number of allylic oxidation sites excluding steroid dienone is 12. The molecule has 0 aliphatic carbocycles. The van der Waals surface area contributed by atoms with Crippen molar-refractivity contribution < 1.29 is 37.9 Å². The quantitative estimate of drug-likeness (QED) is 0.0275. The number of phosphoric acid groups is 1. The van der Waals surface area contributed by atoms with Gasteiger partial charge in [0.05, 0.1) is 13.2 Å². The fourth-order valence-electron chi connectivity index (χ4n) is 4.20. The van der Waals surface area contributed by atoms with Crippen LogP contribution in [0.3, 0.4) is 0 Å². The molecule has 0 saturated heterocycles. The number of carbonyl (C=O) groups is 2. The number of carbonyl (C=O) groups excluding carboxylic acids is 2. The number of phosphoric ester groups is 1. The van der Waals surface area contributed by atoms with Crippen LogP contribution in [0.25, 0.3) is 0 Å². The number of aliphatic hydroxyl groups is 1. The summed E-state index contributed by atoms with van der Waals surface area (Å²) in [5.74, 6) is -0.578. The van der Waals surface area contributed by atoms with Crippen molar-refractivity contribution in [2.45, 2.75) is 129 Å². The van der Waals surface area contributed by atoms with Gasteiger partial charge in [-0.1, -0.05) is 119 Å². The van der Waals surface area contributed by atoms with Gasteiger partial charge in [0.15, 0.2) is 0 Å². The first-order valence-electron chi connectivity index (χ1n) is 17.9. The Labute approximate surface area is 290 Å². The minimum Gasteiger partial charge on any atom is -0.463 e. The van der Waals surface area contributed by atoms with Gasteiger partial charge in [-0.2, -0.15) is 0 Å². The molecule has 0 spiro atoms. The Morgan fingerprint density at radius 3 is 1.77 bits per heavy atom. The van der Waals surface area contributed by atoms with Crippen molar-refractivity contribution >= 4 is 19.7 Å². The predicted molar refractivity (Wildman–Crippen MR) is 196 cm³/mol. The van der Waals surface area contributed by atoms with E-state index in [1.54, 1.807) is 0 Å². The number of hydrogen-bond acceptors (Lipinski definition) is 7. The molecule has 0 saturated carbocycles. The summed E-state index contributed by atoms with van der Waals surface area (Å²) in [5.41, 5.74) is 0. The molecular formula is C38H64NO8P. The van der Waals surface area contributed by atoms with Gasteiger partial charge < -0.3 is 20.1 Å². The zero-order valence-corrected chi connectivity index (χ0v) is 30.5. The summed E-state index contributed by atoms with van der Waals surface area (Å²) in [4.78, 5) is 33.5. The van der Waals surface area contributed by atoms with E-state index in [1.807, 2.05) is 0 Å². The maximum absolute atomic E-state index is 12.0. The summed E-state index contributed by atoms with van der Waals surface area (Å²) in [5, 5.41) is 12.5. The van der Waals surface area contributed by atoms with Crippen molar-refractivity contribution in [2.75, 3.05) is 26.4 Å². The van der Waals surface area contributed by atoms with E-state index in [2.05, 4.69) is 92.1 Å². The monoisotopic (exact) mass is 693 g/mol. The maximum atomic E-state index is 12.0. The Kier molecular flexibility index (Phi) is 32.5. The number of ether oxygens (including phenoxy) is 1. The summed E-state index contributed by atoms with van der Waals surface area (Å²) >= 11 is 0. The lowest BCUT2D eigenvalue weighted by molar-refractivity contribution is -0.147. The molecule has 0 heterocycles. The van der Waals surface area contributed by atoms with Gasteiger partial charge in [0.2, 0.25) is 5.91 Å². The van der Waals surface area contributed by atoms with Crippen molar-refractivity contribution in [2.24, 2.45) is 0 Å². The second-order valence-corrected chi connectivity index (χ2v) is 12.9. The Hall–Kier alpha value is -2.55. The highest BCUT2D eigenvalue weighted by Crippen LogP contribution is 2.42. The van der Waals surface area contributed by atoms with Crippen molar-refractivity contribution in [1.82, 2.24) is 5.32 Å². The molecule has 0 aliphatic rings. The third-order valence-corrected chi connectivity index (χ3v) is 7.89. The van der Waals surface area contributed by atoms with Gasteiger partial charge in [0.1, 0.15) is 12.7 Å². The molecule has 0 aromatic carbocycles. The zero-order valence-electron chi connectivity index (χ0n) is 29.6. The van der Waals surface area contributed by atoms with Gasteiger partial charge in [-0.25, -0.2) is 4.57 Å². The molecule has 10 heteroatoms. The van der Waals surface area contributed by atoms with Crippen LogP contribution in [-0.4, -0.2) is 54.3 Å². The number of rotatable bonds is 32. The predicted octanol–water partition coefficient (Wildman–Crippen LogP) is 9.15. The van der Waals surface area contributed by atoms with E-state index in [0.717, 1.165) is 89.9 Å². The number of esters is 1. The molecule has 9 nitrogen and oxygen atoms in total. The third kappa shape index (κ3) is 34.8. The molecule has 2 atom stereocenters. The summed E-state index contributed by atoms with van der Waals surface area (Å²) in [6.07, 6.45) is 40.1. The third-order valence-electron chi connectivity index (χ3n) is 6.90. The fraction of sp³-hybridized carbons (Fsp3) is 0.632. The summed E-state index contributed by atoms with van der Waals surface area (Å²) in [7, 11) is -4.42. The van der Waals surface area contributed by atoms with Crippen LogP contribution in [-0.2, 0) is 27.9 Å². The summed E-state index contributed by atoms with van der Waals surface area (Å²) in [6.45, 7) is 3.27. The minimum atomic E-state index is -4.42. The van der Waals surface area contributed by atoms with Crippen molar-refractivity contribution in [1.29, 1.82) is 0 Å². The molecular weight excluding hydrogens is 629 g/mol. The number of aliphatic hydroxyl groups excluding tert-OH is 1. The normalized spacial score (nSPS) is 14.3. The van der Waals surface area contributed by atoms with E-state index < -0.39 is 26.5 Å². The molecule has 0 aliphatic heterocycles. The van der Waals surface area contributed by atoms with Gasteiger partial charge in [-0.3, -0.25) is 18.6 Å². The first-order valence-corrected chi connectivity index (χ1v) is 19.4. The van der Waals surface area contributed by atoms with Gasteiger partial charge >= 0.3 is 13.8 Å². The minimum absolute atomic E-state index is 0.0541. The molecule has 0 aromatic rings. The highest BCUT2D eigenvalue weighted by molar-refractivity contribution is 7.47. The second kappa shape index (κ2) is 34.3. The van der Waals surface area contributed by atoms with Crippen LogP contribution >= 0.6 is 7.82 Å². The molecule has 0 rings (SSSR count). The molecule has 48 heavy (non-hydrogen) atoms. The van der Waals surface area contributed by atoms with E-state index in [1.165, 1.54) is 6.42 Å². The number of nitrogens with one attached hydrogen (secondary N) is 1. The van der Waals surface area contributed by atoms with E-state index in [-0.39, 0.29) is 32.1 Å². The lowest BCUT2D eigenvalue weighted by atomic mass is 10.1. The smallest absolute Gasteiger partial charge is 0.463 e. The Morgan fingerprint density at radius 2 is 1.19 bits per heavy atom. The van der Waals surface area contributed by atoms with Gasteiger partial charge in [0.25, 0.3) is 0 Å². The highest BCUT2D eigenvalue weighted by atomic mass is 31.2. The van der Waals surface area contributed by atoms with Crippen LogP contribution in [0.1, 0.15) is 123 Å². The van der Waals surface area contributed by atoms with Crippen LogP contribution in [0, 0.1) is 0 Å². The second-order valence-electron chi connectivity index (χ2n) is 11.5. The average molecular weight is 694 g/mol. The van der Waals surface area contributed by atoms with Gasteiger partial charge in [-0.05, 0) is 64.2 Å². The number of hydrogen-bond donors (Lipinski definition) is 3. The first-order chi connectivity index (χ1) is 23.3. The SMILES string of the molecule is CC/C=C\C/C=C\C/C=C\C/C=C\C/C=C\C/C=C\CCCCC(=O)NCCOP(=O)(O)OCC(O)COC(=O)CCCCCCCC. The van der Waals surface area contributed by atoms with Crippen LogP contribution in [0.2, 0.25) is 0 Å².